The fraction of sp³-hybridized carbons (Fsp3) is 0.391. The molecule has 176 valence electrons. The van der Waals surface area contributed by atoms with E-state index >= 15 is 0 Å². The molecule has 33 heavy (non-hydrogen) atoms. The maximum absolute atomic E-state index is 13.8. The zero-order valence-corrected chi connectivity index (χ0v) is 19.5. The first-order chi connectivity index (χ1) is 15.8. The predicted octanol–water partition coefficient (Wildman–Crippen LogP) is 2.83. The van der Waals surface area contributed by atoms with Gasteiger partial charge in [0.05, 0.1) is 13.7 Å². The summed E-state index contributed by atoms with van der Waals surface area (Å²) < 4.78 is 49.7. The standard InChI is InChI=1S/C23H27FN4O4S/c1-3-27-22(25-28(23(27)29)16-17-7-5-4-6-8-17)18-11-13-26(14-12-18)33(30,31)21-15-19(24)9-10-20(21)32-2/h4-10,15,18H,3,11-14,16H2,1-2H3. The molecule has 0 amide bonds. The van der Waals surface area contributed by atoms with Gasteiger partial charge in [-0.3, -0.25) is 4.57 Å². The van der Waals surface area contributed by atoms with Crippen LogP contribution in [0.4, 0.5) is 4.39 Å². The van der Waals surface area contributed by atoms with E-state index < -0.39 is 15.8 Å². The molecule has 1 aromatic heterocycles. The van der Waals surface area contributed by atoms with Gasteiger partial charge in [0.1, 0.15) is 22.3 Å². The molecule has 3 aromatic rings. The number of sulfonamides is 1. The summed E-state index contributed by atoms with van der Waals surface area (Å²) in [5, 5.41) is 4.61. The molecule has 0 radical (unpaired) electrons. The van der Waals surface area contributed by atoms with Gasteiger partial charge < -0.3 is 4.74 Å². The Balaban J connectivity index is 1.54. The minimum absolute atomic E-state index is 0.0458. The number of ether oxygens (including phenoxy) is 1. The second kappa shape index (κ2) is 9.48. The first-order valence-corrected chi connectivity index (χ1v) is 12.3. The average molecular weight is 475 g/mol. The lowest BCUT2D eigenvalue weighted by Gasteiger charge is -2.31. The smallest absolute Gasteiger partial charge is 0.346 e. The van der Waals surface area contributed by atoms with Crippen LogP contribution >= 0.6 is 0 Å². The molecular weight excluding hydrogens is 447 g/mol. The van der Waals surface area contributed by atoms with Crippen LogP contribution in [0.1, 0.15) is 37.1 Å². The van der Waals surface area contributed by atoms with Crippen molar-refractivity contribution in [3.63, 3.8) is 0 Å². The van der Waals surface area contributed by atoms with Gasteiger partial charge in [-0.15, -0.1) is 0 Å². The highest BCUT2D eigenvalue weighted by molar-refractivity contribution is 7.89. The van der Waals surface area contributed by atoms with Crippen molar-refractivity contribution in [3.8, 4) is 5.75 Å². The first kappa shape index (κ1) is 23.2. The molecule has 1 saturated heterocycles. The van der Waals surface area contributed by atoms with E-state index in [9.17, 15) is 17.6 Å². The van der Waals surface area contributed by atoms with Gasteiger partial charge in [0.2, 0.25) is 10.0 Å². The number of methoxy groups -OCH3 is 1. The molecule has 0 saturated carbocycles. The van der Waals surface area contributed by atoms with Crippen molar-refractivity contribution in [1.29, 1.82) is 0 Å². The molecule has 0 aliphatic carbocycles. The highest BCUT2D eigenvalue weighted by atomic mass is 32.2. The molecule has 1 fully saturated rings. The molecule has 2 heterocycles. The molecule has 0 bridgehead atoms. The summed E-state index contributed by atoms with van der Waals surface area (Å²) in [5.74, 6) is 0.104. The monoisotopic (exact) mass is 474 g/mol. The van der Waals surface area contributed by atoms with Crippen molar-refractivity contribution >= 4 is 10.0 Å². The lowest BCUT2D eigenvalue weighted by atomic mass is 9.97. The SMILES string of the molecule is CCn1c(C2CCN(S(=O)(=O)c3cc(F)ccc3OC)CC2)nn(Cc2ccccc2)c1=O. The highest BCUT2D eigenvalue weighted by Gasteiger charge is 2.34. The lowest BCUT2D eigenvalue weighted by Crippen LogP contribution is -2.38. The molecule has 0 N–H and O–H groups in total. The van der Waals surface area contributed by atoms with Crippen LogP contribution in [0.3, 0.4) is 0 Å². The average Bonchev–Trinajstić information content (AvgIpc) is 3.14. The van der Waals surface area contributed by atoms with Crippen LogP contribution in [-0.2, 0) is 23.1 Å². The molecule has 2 aromatic carbocycles. The molecule has 1 aliphatic heterocycles. The van der Waals surface area contributed by atoms with E-state index in [2.05, 4.69) is 5.10 Å². The number of hydrogen-bond donors (Lipinski definition) is 0. The van der Waals surface area contributed by atoms with Gasteiger partial charge in [-0.2, -0.15) is 9.40 Å². The Bertz CT molecular complexity index is 1280. The first-order valence-electron chi connectivity index (χ1n) is 10.9. The number of hydrogen-bond acceptors (Lipinski definition) is 5. The number of rotatable bonds is 7. The number of halogens is 1. The topological polar surface area (TPSA) is 86.4 Å². The van der Waals surface area contributed by atoms with E-state index in [0.717, 1.165) is 11.6 Å². The van der Waals surface area contributed by atoms with Gasteiger partial charge in [-0.05, 0) is 43.5 Å². The third-order valence-corrected chi connectivity index (χ3v) is 7.93. The molecule has 0 unspecified atom stereocenters. The Morgan fingerprint density at radius 2 is 1.82 bits per heavy atom. The fourth-order valence-corrected chi connectivity index (χ4v) is 5.90. The second-order valence-electron chi connectivity index (χ2n) is 8.00. The van der Waals surface area contributed by atoms with Crippen LogP contribution in [0, 0.1) is 5.82 Å². The Morgan fingerprint density at radius 3 is 2.45 bits per heavy atom. The molecule has 8 nitrogen and oxygen atoms in total. The van der Waals surface area contributed by atoms with Gasteiger partial charge >= 0.3 is 5.69 Å². The predicted molar refractivity (Wildman–Crippen MR) is 121 cm³/mol. The Morgan fingerprint density at radius 1 is 1.12 bits per heavy atom. The maximum atomic E-state index is 13.8. The molecule has 4 rings (SSSR count). The highest BCUT2D eigenvalue weighted by Crippen LogP contribution is 2.33. The van der Waals surface area contributed by atoms with Crippen molar-refractivity contribution in [2.24, 2.45) is 0 Å². The minimum Gasteiger partial charge on any atom is -0.495 e. The summed E-state index contributed by atoms with van der Waals surface area (Å²) in [6.07, 6.45) is 1.03. The molecule has 10 heteroatoms. The van der Waals surface area contributed by atoms with Gasteiger partial charge in [-0.25, -0.2) is 22.3 Å². The van der Waals surface area contributed by atoms with E-state index in [1.165, 1.54) is 28.2 Å². The second-order valence-corrected chi connectivity index (χ2v) is 9.91. The Labute approximate surface area is 192 Å². The van der Waals surface area contributed by atoms with Gasteiger partial charge in [-0.1, -0.05) is 30.3 Å². The van der Waals surface area contributed by atoms with Crippen molar-refractivity contribution in [3.05, 3.63) is 76.2 Å². The summed E-state index contributed by atoms with van der Waals surface area (Å²) in [6, 6.07) is 13.1. The quantitative estimate of drug-likeness (QED) is 0.526. The zero-order chi connectivity index (χ0) is 23.6. The van der Waals surface area contributed by atoms with Gasteiger partial charge in [0.25, 0.3) is 0 Å². The summed E-state index contributed by atoms with van der Waals surface area (Å²) in [4.78, 5) is 12.7. The van der Waals surface area contributed by atoms with Crippen molar-refractivity contribution < 1.29 is 17.5 Å². The molecular formula is C23H27FN4O4S. The summed E-state index contributed by atoms with van der Waals surface area (Å²) in [6.45, 7) is 3.26. The summed E-state index contributed by atoms with van der Waals surface area (Å²) >= 11 is 0. The van der Waals surface area contributed by atoms with Crippen LogP contribution in [0.25, 0.3) is 0 Å². The van der Waals surface area contributed by atoms with E-state index in [-0.39, 0.29) is 35.3 Å². The van der Waals surface area contributed by atoms with Crippen molar-refractivity contribution in [2.45, 2.75) is 43.7 Å². The van der Waals surface area contributed by atoms with Crippen LogP contribution in [0.2, 0.25) is 0 Å². The van der Waals surface area contributed by atoms with Gasteiger partial charge in [0.15, 0.2) is 0 Å². The third-order valence-electron chi connectivity index (χ3n) is 6.01. The van der Waals surface area contributed by atoms with Crippen LogP contribution < -0.4 is 10.4 Å². The number of benzene rings is 2. The lowest BCUT2D eigenvalue weighted by molar-refractivity contribution is 0.307. The van der Waals surface area contributed by atoms with Crippen molar-refractivity contribution in [1.82, 2.24) is 18.7 Å². The number of nitrogens with zero attached hydrogens (tertiary/aromatic N) is 4. The number of piperidine rings is 1. The van der Waals surface area contributed by atoms with Crippen LogP contribution in [-0.4, -0.2) is 47.3 Å². The maximum Gasteiger partial charge on any atom is 0.346 e. The van der Waals surface area contributed by atoms with E-state index in [0.29, 0.717) is 31.8 Å². The molecule has 0 spiro atoms. The Kier molecular flexibility index (Phi) is 6.66. The van der Waals surface area contributed by atoms with Crippen molar-refractivity contribution in [2.75, 3.05) is 20.2 Å². The summed E-state index contributed by atoms with van der Waals surface area (Å²) in [5.41, 5.74) is 0.813. The fourth-order valence-electron chi connectivity index (χ4n) is 4.26. The largest absolute Gasteiger partial charge is 0.495 e. The Hall–Kier alpha value is -2.98. The van der Waals surface area contributed by atoms with E-state index in [4.69, 9.17) is 4.74 Å². The van der Waals surface area contributed by atoms with E-state index in [1.54, 1.807) is 4.57 Å². The van der Waals surface area contributed by atoms with Gasteiger partial charge in [0, 0.05) is 25.6 Å². The molecule has 1 aliphatic rings. The zero-order valence-electron chi connectivity index (χ0n) is 18.6. The molecule has 0 atom stereocenters. The third kappa shape index (κ3) is 4.58. The number of aromatic nitrogens is 3. The van der Waals surface area contributed by atoms with Crippen LogP contribution in [0.15, 0.2) is 58.2 Å². The summed E-state index contributed by atoms with van der Waals surface area (Å²) in [7, 11) is -2.56. The van der Waals surface area contributed by atoms with E-state index in [1.807, 2.05) is 37.3 Å². The minimum atomic E-state index is -3.92. The normalized spacial score (nSPS) is 15.6. The van der Waals surface area contributed by atoms with Crippen LogP contribution in [0.5, 0.6) is 5.75 Å².